The van der Waals surface area contributed by atoms with Gasteiger partial charge in [0.1, 0.15) is 0 Å². The fourth-order valence-electron chi connectivity index (χ4n) is 0.839. The van der Waals surface area contributed by atoms with Gasteiger partial charge >= 0.3 is 0 Å². The first-order valence-electron chi connectivity index (χ1n) is 3.55. The van der Waals surface area contributed by atoms with Crippen LogP contribution >= 0.6 is 43.2 Å². The maximum absolute atomic E-state index is 3.62. The molecule has 0 nitrogen and oxygen atoms in total. The molecule has 0 fully saturated rings. The van der Waals surface area contributed by atoms with Gasteiger partial charge in [0.2, 0.25) is 0 Å². The maximum Gasteiger partial charge on any atom is 0.0730 e. The first-order valence-corrected chi connectivity index (χ1v) is 6.07. The van der Waals surface area contributed by atoms with Crippen molar-refractivity contribution in [3.05, 3.63) is 20.3 Å². The molecule has 0 aromatic carbocycles. The Morgan fingerprint density at radius 3 is 2.64 bits per heavy atom. The standard InChI is InChI=1S/C8H10Br2S/c1-3-6(9)7-4-5(2)8(10)11-7/h4,6H,3H2,1-2H3. The molecule has 0 amide bonds. The fourth-order valence-corrected chi connectivity index (χ4v) is 2.88. The van der Waals surface area contributed by atoms with Crippen LogP contribution in [0.1, 0.15) is 28.6 Å². The van der Waals surface area contributed by atoms with Gasteiger partial charge in [0.15, 0.2) is 0 Å². The minimum absolute atomic E-state index is 0.525. The van der Waals surface area contributed by atoms with E-state index in [2.05, 4.69) is 51.8 Å². The van der Waals surface area contributed by atoms with Crippen LogP contribution < -0.4 is 0 Å². The fraction of sp³-hybridized carbons (Fsp3) is 0.500. The van der Waals surface area contributed by atoms with Crippen molar-refractivity contribution in [1.82, 2.24) is 0 Å². The zero-order valence-electron chi connectivity index (χ0n) is 6.53. The molecule has 0 aliphatic heterocycles. The number of thiophene rings is 1. The van der Waals surface area contributed by atoms with Crippen molar-refractivity contribution in [2.24, 2.45) is 0 Å². The molecule has 0 radical (unpaired) electrons. The summed E-state index contributed by atoms with van der Waals surface area (Å²) in [6.07, 6.45) is 1.15. The topological polar surface area (TPSA) is 0 Å². The van der Waals surface area contributed by atoms with E-state index in [4.69, 9.17) is 0 Å². The average molecular weight is 298 g/mol. The Labute approximate surface area is 88.3 Å². The first kappa shape index (κ1) is 9.75. The summed E-state index contributed by atoms with van der Waals surface area (Å²) in [7, 11) is 0. The molecule has 1 aromatic rings. The second kappa shape index (κ2) is 4.06. The van der Waals surface area contributed by atoms with E-state index in [0.717, 1.165) is 6.42 Å². The summed E-state index contributed by atoms with van der Waals surface area (Å²) in [6.45, 7) is 4.31. The number of hydrogen-bond donors (Lipinski definition) is 0. The van der Waals surface area contributed by atoms with E-state index in [9.17, 15) is 0 Å². The van der Waals surface area contributed by atoms with Crippen molar-refractivity contribution in [2.75, 3.05) is 0 Å². The van der Waals surface area contributed by atoms with Crippen LogP contribution in [0.4, 0.5) is 0 Å². The van der Waals surface area contributed by atoms with Crippen LogP contribution in [-0.2, 0) is 0 Å². The minimum Gasteiger partial charge on any atom is -0.132 e. The molecule has 0 bridgehead atoms. The normalized spacial score (nSPS) is 13.5. The van der Waals surface area contributed by atoms with E-state index < -0.39 is 0 Å². The van der Waals surface area contributed by atoms with Gasteiger partial charge in [-0.25, -0.2) is 0 Å². The maximum atomic E-state index is 3.62. The molecule has 0 saturated heterocycles. The molecule has 3 heteroatoms. The summed E-state index contributed by atoms with van der Waals surface area (Å²) in [5.41, 5.74) is 1.34. The number of halogens is 2. The Hall–Kier alpha value is 0.660. The van der Waals surface area contributed by atoms with Gasteiger partial charge in [0, 0.05) is 9.70 Å². The smallest absolute Gasteiger partial charge is 0.0730 e. The third kappa shape index (κ3) is 2.30. The predicted molar refractivity (Wildman–Crippen MR) is 58.7 cm³/mol. The van der Waals surface area contributed by atoms with Crippen molar-refractivity contribution < 1.29 is 0 Å². The molecule has 1 aromatic heterocycles. The minimum atomic E-state index is 0.525. The molecule has 1 atom stereocenters. The van der Waals surface area contributed by atoms with E-state index in [0.29, 0.717) is 4.83 Å². The largest absolute Gasteiger partial charge is 0.132 e. The number of hydrogen-bond acceptors (Lipinski definition) is 1. The molecule has 1 rings (SSSR count). The third-order valence-electron chi connectivity index (χ3n) is 1.54. The lowest BCUT2D eigenvalue weighted by Gasteiger charge is -2.00. The third-order valence-corrected chi connectivity index (χ3v) is 5.24. The summed E-state index contributed by atoms with van der Waals surface area (Å²) >= 11 is 8.95. The monoisotopic (exact) mass is 296 g/mol. The van der Waals surface area contributed by atoms with Gasteiger partial charge in [0.25, 0.3) is 0 Å². The lowest BCUT2D eigenvalue weighted by Crippen LogP contribution is -1.79. The predicted octanol–water partition coefficient (Wildman–Crippen LogP) is 4.67. The molecule has 0 spiro atoms. The van der Waals surface area contributed by atoms with Crippen LogP contribution in [0, 0.1) is 6.92 Å². The highest BCUT2D eigenvalue weighted by molar-refractivity contribution is 9.11. The highest BCUT2D eigenvalue weighted by Crippen LogP contribution is 2.36. The van der Waals surface area contributed by atoms with Crippen molar-refractivity contribution in [3.8, 4) is 0 Å². The van der Waals surface area contributed by atoms with E-state index in [1.807, 2.05) is 11.3 Å². The molecule has 0 aliphatic carbocycles. The second-order valence-electron chi connectivity index (χ2n) is 2.48. The van der Waals surface area contributed by atoms with E-state index >= 15 is 0 Å². The highest BCUT2D eigenvalue weighted by Gasteiger charge is 2.09. The summed E-state index contributed by atoms with van der Waals surface area (Å²) in [5, 5.41) is 0. The Bertz CT molecular complexity index is 223. The van der Waals surface area contributed by atoms with Crippen LogP contribution in [0.5, 0.6) is 0 Å². The number of aryl methyl sites for hydroxylation is 1. The highest BCUT2D eigenvalue weighted by atomic mass is 79.9. The molecule has 1 unspecified atom stereocenters. The molecular weight excluding hydrogens is 288 g/mol. The van der Waals surface area contributed by atoms with Gasteiger partial charge in [-0.3, -0.25) is 0 Å². The Balaban J connectivity index is 2.88. The zero-order valence-corrected chi connectivity index (χ0v) is 10.5. The van der Waals surface area contributed by atoms with Crippen molar-refractivity contribution in [2.45, 2.75) is 25.1 Å². The number of alkyl halides is 1. The molecule has 11 heavy (non-hydrogen) atoms. The molecular formula is C8H10Br2S. The average Bonchev–Trinajstić information content (AvgIpc) is 2.31. The summed E-state index contributed by atoms with van der Waals surface area (Å²) in [5.74, 6) is 0. The van der Waals surface area contributed by atoms with E-state index in [1.54, 1.807) is 0 Å². The van der Waals surface area contributed by atoms with E-state index in [-0.39, 0.29) is 0 Å². The first-order chi connectivity index (χ1) is 5.15. The van der Waals surface area contributed by atoms with Crippen molar-refractivity contribution >= 4 is 43.2 Å². The molecule has 0 saturated carbocycles. The van der Waals surface area contributed by atoms with Crippen molar-refractivity contribution in [3.63, 3.8) is 0 Å². The Morgan fingerprint density at radius 1 is 1.64 bits per heavy atom. The molecule has 1 heterocycles. The van der Waals surface area contributed by atoms with Crippen LogP contribution in [0.2, 0.25) is 0 Å². The molecule has 0 N–H and O–H groups in total. The van der Waals surface area contributed by atoms with Crippen LogP contribution in [0.25, 0.3) is 0 Å². The van der Waals surface area contributed by atoms with E-state index in [1.165, 1.54) is 14.2 Å². The zero-order chi connectivity index (χ0) is 8.43. The van der Waals surface area contributed by atoms with Gasteiger partial charge in [-0.1, -0.05) is 22.9 Å². The Morgan fingerprint density at radius 2 is 2.27 bits per heavy atom. The van der Waals surface area contributed by atoms with Gasteiger partial charge in [-0.05, 0) is 40.9 Å². The van der Waals surface area contributed by atoms with Crippen LogP contribution in [0.15, 0.2) is 9.85 Å². The van der Waals surface area contributed by atoms with Gasteiger partial charge < -0.3 is 0 Å². The van der Waals surface area contributed by atoms with Crippen LogP contribution in [-0.4, -0.2) is 0 Å². The van der Waals surface area contributed by atoms with Crippen molar-refractivity contribution in [1.29, 1.82) is 0 Å². The summed E-state index contributed by atoms with van der Waals surface area (Å²) in [4.78, 5) is 1.94. The second-order valence-corrected chi connectivity index (χ2v) is 5.99. The van der Waals surface area contributed by atoms with Gasteiger partial charge in [-0.2, -0.15) is 0 Å². The summed E-state index contributed by atoms with van der Waals surface area (Å²) < 4.78 is 1.26. The molecule has 62 valence electrons. The van der Waals surface area contributed by atoms with Gasteiger partial charge in [-0.15, -0.1) is 11.3 Å². The molecule has 0 aliphatic rings. The quantitative estimate of drug-likeness (QED) is 0.696. The number of rotatable bonds is 2. The lowest BCUT2D eigenvalue weighted by atomic mass is 10.2. The lowest BCUT2D eigenvalue weighted by molar-refractivity contribution is 0.928. The Kier molecular flexibility index (Phi) is 3.59. The SMILES string of the molecule is CCC(Br)c1cc(C)c(Br)s1. The van der Waals surface area contributed by atoms with Crippen LogP contribution in [0.3, 0.4) is 0 Å². The van der Waals surface area contributed by atoms with Gasteiger partial charge in [0.05, 0.1) is 3.79 Å². The summed E-state index contributed by atoms with van der Waals surface area (Å²) in [6, 6.07) is 2.23.